The Morgan fingerprint density at radius 2 is 1.48 bits per heavy atom. The highest BCUT2D eigenvalue weighted by molar-refractivity contribution is 5.83. The SMILES string of the molecule is CC(=O)O.CC(C)(CO)COCC(C)(C)CC(N)=O.O=C(O)CCC(NC(=O)NCCc1ccccc1)C(=O)O. The first-order valence-corrected chi connectivity index (χ1v) is 12.6. The largest absolute Gasteiger partial charge is 0.481 e. The number of ether oxygens (including phenoxy) is 1. The van der Waals surface area contributed by atoms with Crippen molar-refractivity contribution in [3.05, 3.63) is 35.9 Å². The average Bonchev–Trinajstić information content (AvgIpc) is 2.81. The standard InChI is InChI=1S/C14H18N2O5.C11H23NO3.C2H4O2/c17-12(18)7-6-11(13(19)20)16-14(21)15-9-8-10-4-2-1-3-5-10;1-10(2,5-9(12)14)7-15-8-11(3,4)6-13;1-2(3)4/h1-5,11H,6-9H2,(H,17,18)(H,19,20)(H2,15,16,21);13H,5-8H2,1-4H3,(H2,12,14);1H3,(H,3,4). The lowest BCUT2D eigenvalue weighted by Gasteiger charge is -2.27. The number of carboxylic acids is 3. The molecule has 1 aromatic carbocycles. The zero-order valence-corrected chi connectivity index (χ0v) is 23.9. The van der Waals surface area contributed by atoms with Crippen molar-refractivity contribution in [1.82, 2.24) is 10.6 Å². The summed E-state index contributed by atoms with van der Waals surface area (Å²) in [6.07, 6.45) is 0.464. The zero-order valence-electron chi connectivity index (χ0n) is 23.9. The van der Waals surface area contributed by atoms with Gasteiger partial charge < -0.3 is 41.5 Å². The number of hydrogen-bond donors (Lipinski definition) is 7. The zero-order chi connectivity index (χ0) is 31.4. The molecule has 0 spiro atoms. The normalized spacial score (nSPS) is 11.4. The molecule has 0 heterocycles. The van der Waals surface area contributed by atoms with Crippen LogP contribution >= 0.6 is 0 Å². The summed E-state index contributed by atoms with van der Waals surface area (Å²) in [4.78, 5) is 52.6. The van der Waals surface area contributed by atoms with Crippen molar-refractivity contribution in [3.63, 3.8) is 0 Å². The highest BCUT2D eigenvalue weighted by Gasteiger charge is 2.24. The van der Waals surface area contributed by atoms with Crippen molar-refractivity contribution in [2.75, 3.05) is 26.4 Å². The van der Waals surface area contributed by atoms with E-state index in [-0.39, 0.29) is 36.2 Å². The summed E-state index contributed by atoms with van der Waals surface area (Å²) >= 11 is 0. The van der Waals surface area contributed by atoms with Gasteiger partial charge in [0, 0.05) is 31.7 Å². The summed E-state index contributed by atoms with van der Waals surface area (Å²) in [6, 6.07) is 7.69. The molecular weight excluding hydrogens is 526 g/mol. The van der Waals surface area contributed by atoms with E-state index >= 15 is 0 Å². The van der Waals surface area contributed by atoms with Crippen LogP contribution in [0.5, 0.6) is 0 Å². The number of nitrogens with one attached hydrogen (secondary N) is 2. The van der Waals surface area contributed by atoms with E-state index in [1.807, 2.05) is 58.0 Å². The fourth-order valence-corrected chi connectivity index (χ4v) is 2.87. The van der Waals surface area contributed by atoms with Crippen LogP contribution in [0.3, 0.4) is 0 Å². The minimum atomic E-state index is -1.26. The number of carbonyl (C=O) groups is 5. The van der Waals surface area contributed by atoms with Gasteiger partial charge >= 0.3 is 18.0 Å². The maximum absolute atomic E-state index is 11.6. The lowest BCUT2D eigenvalue weighted by molar-refractivity contribution is -0.140. The van der Waals surface area contributed by atoms with Crippen LogP contribution in [0.25, 0.3) is 0 Å². The van der Waals surface area contributed by atoms with Crippen LogP contribution < -0.4 is 16.4 Å². The summed E-state index contributed by atoms with van der Waals surface area (Å²) < 4.78 is 5.49. The molecule has 0 bridgehead atoms. The second-order valence-corrected chi connectivity index (χ2v) is 10.6. The maximum atomic E-state index is 11.6. The molecule has 13 nitrogen and oxygen atoms in total. The van der Waals surface area contributed by atoms with Crippen LogP contribution in [0.15, 0.2) is 30.3 Å². The summed E-state index contributed by atoms with van der Waals surface area (Å²) in [5.41, 5.74) is 5.71. The molecule has 0 aliphatic rings. The van der Waals surface area contributed by atoms with Crippen LogP contribution in [0, 0.1) is 10.8 Å². The molecular formula is C27H45N3O10. The number of aliphatic hydroxyl groups excluding tert-OH is 1. The first kappa shape index (κ1) is 38.4. The number of aliphatic hydroxyl groups is 1. The molecule has 0 radical (unpaired) electrons. The number of rotatable bonds is 15. The van der Waals surface area contributed by atoms with Gasteiger partial charge in [-0.2, -0.15) is 0 Å². The van der Waals surface area contributed by atoms with Crippen LogP contribution in [0.2, 0.25) is 0 Å². The Labute approximate surface area is 235 Å². The third-order valence-electron chi connectivity index (χ3n) is 4.86. The fourth-order valence-electron chi connectivity index (χ4n) is 2.87. The van der Waals surface area contributed by atoms with Gasteiger partial charge in [0.2, 0.25) is 5.91 Å². The Morgan fingerprint density at radius 1 is 0.950 bits per heavy atom. The number of benzene rings is 1. The smallest absolute Gasteiger partial charge is 0.326 e. The molecule has 8 N–H and O–H groups in total. The molecule has 0 aromatic heterocycles. The van der Waals surface area contributed by atoms with Crippen molar-refractivity contribution in [2.24, 2.45) is 16.6 Å². The molecule has 0 fully saturated rings. The molecule has 0 aliphatic heterocycles. The monoisotopic (exact) mass is 571 g/mol. The van der Waals surface area contributed by atoms with Crippen molar-refractivity contribution in [1.29, 1.82) is 0 Å². The van der Waals surface area contributed by atoms with E-state index in [1.54, 1.807) is 0 Å². The van der Waals surface area contributed by atoms with E-state index in [0.29, 0.717) is 32.6 Å². The third-order valence-corrected chi connectivity index (χ3v) is 4.86. The number of aliphatic carboxylic acids is 3. The molecule has 0 aliphatic carbocycles. The molecule has 40 heavy (non-hydrogen) atoms. The Bertz CT molecular complexity index is 916. The highest BCUT2D eigenvalue weighted by atomic mass is 16.5. The minimum Gasteiger partial charge on any atom is -0.481 e. The van der Waals surface area contributed by atoms with Crippen LogP contribution in [0.4, 0.5) is 4.79 Å². The molecule has 1 rings (SSSR count). The molecule has 3 amide bonds. The Morgan fingerprint density at radius 3 is 1.93 bits per heavy atom. The van der Waals surface area contributed by atoms with E-state index in [4.69, 9.17) is 35.7 Å². The van der Waals surface area contributed by atoms with Gasteiger partial charge in [-0.3, -0.25) is 14.4 Å². The Balaban J connectivity index is 0. The van der Waals surface area contributed by atoms with Gasteiger partial charge in [-0.1, -0.05) is 58.0 Å². The van der Waals surface area contributed by atoms with Gasteiger partial charge in [0.25, 0.3) is 5.97 Å². The lowest BCUT2D eigenvalue weighted by Crippen LogP contribution is -2.46. The van der Waals surface area contributed by atoms with E-state index < -0.39 is 30.0 Å². The van der Waals surface area contributed by atoms with Gasteiger partial charge in [0.15, 0.2) is 0 Å². The average molecular weight is 572 g/mol. The van der Waals surface area contributed by atoms with Crippen molar-refractivity contribution in [2.45, 2.75) is 66.3 Å². The second-order valence-electron chi connectivity index (χ2n) is 10.6. The molecule has 0 saturated carbocycles. The summed E-state index contributed by atoms with van der Waals surface area (Å²) in [5, 5.41) is 38.6. The van der Waals surface area contributed by atoms with Gasteiger partial charge in [-0.15, -0.1) is 0 Å². The highest BCUT2D eigenvalue weighted by Crippen LogP contribution is 2.22. The van der Waals surface area contributed by atoms with Crippen molar-refractivity contribution in [3.8, 4) is 0 Å². The third kappa shape index (κ3) is 24.6. The Hall–Kier alpha value is -3.71. The van der Waals surface area contributed by atoms with Crippen LogP contribution in [0.1, 0.15) is 59.4 Å². The van der Waals surface area contributed by atoms with E-state index in [2.05, 4.69) is 10.6 Å². The fraction of sp³-hybridized carbons (Fsp3) is 0.593. The molecule has 1 unspecified atom stereocenters. The number of primary amides is 1. The molecule has 13 heteroatoms. The number of hydrogen-bond acceptors (Lipinski definition) is 7. The predicted molar refractivity (Wildman–Crippen MR) is 148 cm³/mol. The van der Waals surface area contributed by atoms with Crippen LogP contribution in [-0.2, 0) is 30.3 Å². The van der Waals surface area contributed by atoms with E-state index in [9.17, 15) is 19.2 Å². The number of carboxylic acid groups (broad SMARTS) is 3. The van der Waals surface area contributed by atoms with Crippen LogP contribution in [-0.4, -0.2) is 82.7 Å². The van der Waals surface area contributed by atoms with E-state index in [0.717, 1.165) is 12.5 Å². The predicted octanol–water partition coefficient (Wildman–Crippen LogP) is 1.86. The lowest BCUT2D eigenvalue weighted by atomic mass is 9.90. The first-order chi connectivity index (χ1) is 18.4. The van der Waals surface area contributed by atoms with Gasteiger partial charge in [0.1, 0.15) is 6.04 Å². The van der Waals surface area contributed by atoms with Crippen molar-refractivity contribution >= 4 is 29.8 Å². The summed E-state index contributed by atoms with van der Waals surface area (Å²) in [6.45, 7) is 10.2. The van der Waals surface area contributed by atoms with Gasteiger partial charge in [-0.25, -0.2) is 9.59 Å². The number of urea groups is 1. The van der Waals surface area contributed by atoms with Gasteiger partial charge in [-0.05, 0) is 23.8 Å². The summed E-state index contributed by atoms with van der Waals surface area (Å²) in [5.74, 6) is -3.51. The molecule has 228 valence electrons. The topological polar surface area (TPSA) is 226 Å². The quantitative estimate of drug-likeness (QED) is 0.162. The first-order valence-electron chi connectivity index (χ1n) is 12.6. The second kappa shape index (κ2) is 20.2. The number of carbonyl (C=O) groups excluding carboxylic acids is 2. The number of nitrogens with two attached hydrogens (primary N) is 1. The molecule has 0 saturated heterocycles. The molecule has 1 atom stereocenters. The Kier molecular flexibility index (Phi) is 19.4. The minimum absolute atomic E-state index is 0.0866. The molecule has 1 aromatic rings. The number of amides is 3. The van der Waals surface area contributed by atoms with Crippen molar-refractivity contribution < 1.29 is 49.1 Å². The van der Waals surface area contributed by atoms with Gasteiger partial charge in [0.05, 0.1) is 19.8 Å². The maximum Gasteiger partial charge on any atom is 0.326 e. The van der Waals surface area contributed by atoms with E-state index in [1.165, 1.54) is 0 Å². The summed E-state index contributed by atoms with van der Waals surface area (Å²) in [7, 11) is 0.